The van der Waals surface area contributed by atoms with Gasteiger partial charge in [0.15, 0.2) is 11.5 Å². The van der Waals surface area contributed by atoms with Gasteiger partial charge < -0.3 is 9.47 Å². The van der Waals surface area contributed by atoms with Gasteiger partial charge in [0.25, 0.3) is 0 Å². The van der Waals surface area contributed by atoms with Crippen LogP contribution in [-0.4, -0.2) is 23.5 Å². The van der Waals surface area contributed by atoms with Crippen LogP contribution in [0.15, 0.2) is 40.3 Å². The number of hydrogen-bond donors (Lipinski definition) is 0. The molecule has 0 fully saturated rings. The maximum Gasteiger partial charge on any atom is 0.172 e. The molecule has 0 aliphatic rings. The molecule has 0 atom stereocenters. The fourth-order valence-corrected chi connectivity index (χ4v) is 7.10. The van der Waals surface area contributed by atoms with Crippen LogP contribution in [0.5, 0.6) is 11.5 Å². The number of rotatable bonds is 22. The summed E-state index contributed by atoms with van der Waals surface area (Å²) in [6, 6.07) is 10.5. The molecule has 224 valence electrons. The predicted octanol–water partition coefficient (Wildman–Crippen LogP) is 11.7. The van der Waals surface area contributed by atoms with Crippen molar-refractivity contribution < 1.29 is 14.1 Å². The Balaban J connectivity index is 1.44. The van der Waals surface area contributed by atoms with Gasteiger partial charge in [-0.05, 0) is 46.7 Å². The summed E-state index contributed by atoms with van der Waals surface area (Å²) in [7, 11) is 0. The lowest BCUT2D eigenvalue weighted by Crippen LogP contribution is -2.04. The predicted molar refractivity (Wildman–Crippen MR) is 175 cm³/mol. The zero-order valence-electron chi connectivity index (χ0n) is 25.1. The molecule has 41 heavy (non-hydrogen) atoms. The zero-order valence-corrected chi connectivity index (χ0v) is 26.8. The SMILES string of the molecule is CCCCCCCCCCOc1cc2nonc2c(-c2ccc(-c3cccs3)s2)c1OCCCCCCCCCC. The first kappa shape index (κ1) is 31.6. The molecule has 0 aliphatic carbocycles. The Bertz CT molecular complexity index is 1250. The highest BCUT2D eigenvalue weighted by Crippen LogP contribution is 2.47. The second kappa shape index (κ2) is 18.2. The number of fused-ring (bicyclic) bond motifs is 1. The van der Waals surface area contributed by atoms with E-state index >= 15 is 0 Å². The van der Waals surface area contributed by atoms with E-state index in [0.29, 0.717) is 18.7 Å². The third-order valence-electron chi connectivity index (χ3n) is 7.59. The van der Waals surface area contributed by atoms with E-state index in [1.54, 1.807) is 22.7 Å². The second-order valence-electron chi connectivity index (χ2n) is 11.0. The van der Waals surface area contributed by atoms with E-state index in [-0.39, 0.29) is 0 Å². The molecule has 0 aliphatic heterocycles. The Morgan fingerprint density at radius 1 is 0.659 bits per heavy atom. The van der Waals surface area contributed by atoms with Crippen molar-refractivity contribution in [2.24, 2.45) is 0 Å². The van der Waals surface area contributed by atoms with E-state index in [2.05, 4.69) is 53.8 Å². The van der Waals surface area contributed by atoms with E-state index < -0.39 is 0 Å². The molecule has 0 unspecified atom stereocenters. The third-order valence-corrected chi connectivity index (χ3v) is 9.75. The monoisotopic (exact) mass is 596 g/mol. The van der Waals surface area contributed by atoms with Gasteiger partial charge in [-0.1, -0.05) is 110 Å². The van der Waals surface area contributed by atoms with Crippen molar-refractivity contribution in [1.82, 2.24) is 10.3 Å². The molecule has 0 saturated heterocycles. The molecule has 0 radical (unpaired) electrons. The first-order valence-corrected chi connectivity index (χ1v) is 17.7. The van der Waals surface area contributed by atoms with Gasteiger partial charge in [-0.2, -0.15) is 0 Å². The van der Waals surface area contributed by atoms with Gasteiger partial charge in [-0.25, -0.2) is 4.63 Å². The van der Waals surface area contributed by atoms with Crippen molar-refractivity contribution in [1.29, 1.82) is 0 Å². The van der Waals surface area contributed by atoms with E-state index in [1.165, 1.54) is 99.6 Å². The molecule has 5 nitrogen and oxygen atoms in total. The van der Waals surface area contributed by atoms with Crippen LogP contribution in [0.4, 0.5) is 0 Å². The molecule has 0 saturated carbocycles. The Labute approximate surface area is 254 Å². The summed E-state index contributed by atoms with van der Waals surface area (Å²) >= 11 is 3.51. The molecular weight excluding hydrogens is 549 g/mol. The van der Waals surface area contributed by atoms with Gasteiger partial charge in [-0.15, -0.1) is 22.7 Å². The summed E-state index contributed by atoms with van der Waals surface area (Å²) in [6.07, 6.45) is 20.3. The van der Waals surface area contributed by atoms with Crippen molar-refractivity contribution in [3.8, 4) is 31.7 Å². The zero-order chi connectivity index (χ0) is 28.5. The molecule has 4 rings (SSSR count). The highest BCUT2D eigenvalue weighted by Gasteiger charge is 2.23. The number of aromatic nitrogens is 2. The minimum Gasteiger partial charge on any atom is -0.490 e. The summed E-state index contributed by atoms with van der Waals surface area (Å²) in [5.41, 5.74) is 2.37. The number of thiophene rings is 2. The molecule has 0 bridgehead atoms. The van der Waals surface area contributed by atoms with Gasteiger partial charge in [0.2, 0.25) is 0 Å². The maximum absolute atomic E-state index is 6.55. The van der Waals surface area contributed by atoms with Crippen LogP contribution in [0.25, 0.3) is 31.2 Å². The number of hydrogen-bond acceptors (Lipinski definition) is 7. The van der Waals surface area contributed by atoms with Crippen LogP contribution in [-0.2, 0) is 0 Å². The molecule has 4 aromatic rings. The van der Waals surface area contributed by atoms with E-state index in [4.69, 9.17) is 14.1 Å². The molecule has 0 N–H and O–H groups in total. The Morgan fingerprint density at radius 2 is 1.27 bits per heavy atom. The molecule has 0 amide bonds. The quantitative estimate of drug-likeness (QED) is 0.0845. The molecule has 0 spiro atoms. The fraction of sp³-hybridized carbons (Fsp3) is 0.588. The van der Waals surface area contributed by atoms with Gasteiger partial charge in [0, 0.05) is 20.7 Å². The van der Waals surface area contributed by atoms with E-state index in [9.17, 15) is 0 Å². The lowest BCUT2D eigenvalue weighted by Gasteiger charge is -2.16. The van der Waals surface area contributed by atoms with Gasteiger partial charge in [-0.3, -0.25) is 0 Å². The minimum absolute atomic E-state index is 0.663. The first-order valence-electron chi connectivity index (χ1n) is 16.0. The topological polar surface area (TPSA) is 57.4 Å². The summed E-state index contributed by atoms with van der Waals surface area (Å²) < 4.78 is 18.2. The van der Waals surface area contributed by atoms with Crippen LogP contribution < -0.4 is 9.47 Å². The fourth-order valence-electron chi connectivity index (χ4n) is 5.21. The summed E-state index contributed by atoms with van der Waals surface area (Å²) in [6.45, 7) is 5.87. The maximum atomic E-state index is 6.55. The highest BCUT2D eigenvalue weighted by molar-refractivity contribution is 7.23. The van der Waals surface area contributed by atoms with Gasteiger partial charge in [0.1, 0.15) is 11.0 Å². The van der Waals surface area contributed by atoms with Crippen LogP contribution in [0.3, 0.4) is 0 Å². The normalized spacial score (nSPS) is 11.5. The number of ether oxygens (including phenoxy) is 2. The first-order chi connectivity index (χ1) is 20.3. The Hall–Kier alpha value is -2.38. The standard InChI is InChI=1S/C34H48N2O3S2/c1-3-5-7-9-11-13-15-17-23-37-28-26-27-33(36-39-35-27)32(31-22-21-30(41-31)29-20-19-25-40-29)34(28)38-24-18-16-14-12-10-8-6-4-2/h19-22,25-26H,3-18,23-24H2,1-2H3. The highest BCUT2D eigenvalue weighted by atomic mass is 32.1. The molecule has 1 aromatic carbocycles. The molecular formula is C34H48N2O3S2. The largest absolute Gasteiger partial charge is 0.490 e. The molecule has 3 aromatic heterocycles. The number of benzene rings is 1. The molecule has 7 heteroatoms. The Kier molecular flexibility index (Phi) is 14.0. The van der Waals surface area contributed by atoms with Crippen molar-refractivity contribution in [3.05, 3.63) is 35.7 Å². The van der Waals surface area contributed by atoms with E-state index in [0.717, 1.165) is 40.3 Å². The van der Waals surface area contributed by atoms with Crippen molar-refractivity contribution in [2.45, 2.75) is 117 Å². The van der Waals surface area contributed by atoms with E-state index in [1.807, 2.05) is 6.07 Å². The van der Waals surface area contributed by atoms with Crippen LogP contribution in [0.2, 0.25) is 0 Å². The minimum atomic E-state index is 0.663. The van der Waals surface area contributed by atoms with Gasteiger partial charge >= 0.3 is 0 Å². The average Bonchev–Trinajstić information content (AvgIpc) is 3.77. The number of nitrogens with zero attached hydrogens (tertiary/aromatic N) is 2. The summed E-state index contributed by atoms with van der Waals surface area (Å²) in [5, 5.41) is 10.6. The van der Waals surface area contributed by atoms with Crippen LogP contribution in [0.1, 0.15) is 117 Å². The lowest BCUT2D eigenvalue weighted by atomic mass is 10.1. The second-order valence-corrected chi connectivity index (χ2v) is 13.0. The molecule has 3 heterocycles. The lowest BCUT2D eigenvalue weighted by molar-refractivity contribution is 0.260. The van der Waals surface area contributed by atoms with Crippen molar-refractivity contribution >= 4 is 33.7 Å². The van der Waals surface area contributed by atoms with Gasteiger partial charge in [0.05, 0.1) is 18.8 Å². The summed E-state index contributed by atoms with van der Waals surface area (Å²) in [5.74, 6) is 1.52. The van der Waals surface area contributed by atoms with Crippen molar-refractivity contribution in [2.75, 3.05) is 13.2 Å². The average molecular weight is 597 g/mol. The third kappa shape index (κ3) is 9.85. The van der Waals surface area contributed by atoms with Crippen LogP contribution >= 0.6 is 22.7 Å². The number of unbranched alkanes of at least 4 members (excludes halogenated alkanes) is 14. The van der Waals surface area contributed by atoms with Crippen LogP contribution in [0, 0.1) is 0 Å². The summed E-state index contributed by atoms with van der Waals surface area (Å²) in [4.78, 5) is 3.59. The smallest absolute Gasteiger partial charge is 0.172 e. The Morgan fingerprint density at radius 3 is 1.90 bits per heavy atom. The van der Waals surface area contributed by atoms with Crippen molar-refractivity contribution in [3.63, 3.8) is 0 Å².